The highest BCUT2D eigenvalue weighted by atomic mass is 32.2. The van der Waals surface area contributed by atoms with Crippen molar-refractivity contribution in [2.24, 2.45) is 0 Å². The monoisotopic (exact) mass is 350 g/mol. The third-order valence-electron chi connectivity index (χ3n) is 4.50. The van der Waals surface area contributed by atoms with E-state index < -0.39 is 15.4 Å². The molecule has 0 radical (unpaired) electrons. The first-order valence-electron chi connectivity index (χ1n) is 8.27. The average Bonchev–Trinajstić information content (AvgIpc) is 3.45. The normalized spacial score (nSPS) is 19.4. The van der Waals surface area contributed by atoms with Crippen LogP contribution >= 0.6 is 0 Å². The minimum Gasteiger partial charge on any atom is -0.382 e. The highest BCUT2D eigenvalue weighted by Crippen LogP contribution is 2.46. The van der Waals surface area contributed by atoms with E-state index in [1.54, 1.807) is 12.1 Å². The van der Waals surface area contributed by atoms with Crippen LogP contribution in [0.15, 0.2) is 84.9 Å². The molecule has 0 saturated heterocycles. The quantitative estimate of drug-likeness (QED) is 0.631. The van der Waals surface area contributed by atoms with Crippen molar-refractivity contribution >= 4 is 10.1 Å². The van der Waals surface area contributed by atoms with Crippen molar-refractivity contribution < 1.29 is 12.6 Å². The Balaban J connectivity index is 1.47. The van der Waals surface area contributed by atoms with E-state index in [-0.39, 0.29) is 5.92 Å². The van der Waals surface area contributed by atoms with E-state index >= 15 is 0 Å². The number of hydrogen-bond donors (Lipinski definition) is 0. The smallest absolute Gasteiger partial charge is 0.312 e. The first-order valence-corrected chi connectivity index (χ1v) is 9.74. The van der Waals surface area contributed by atoms with Gasteiger partial charge in [0.15, 0.2) is 0 Å². The van der Waals surface area contributed by atoms with Crippen molar-refractivity contribution in [3.63, 3.8) is 0 Å². The Bertz CT molecular complexity index is 949. The molecule has 0 amide bonds. The van der Waals surface area contributed by atoms with E-state index in [0.717, 1.165) is 16.7 Å². The second-order valence-corrected chi connectivity index (χ2v) is 8.02. The Labute approximate surface area is 148 Å². The minimum absolute atomic E-state index is 0.0368. The summed E-state index contributed by atoms with van der Waals surface area (Å²) >= 11 is 0. The molecule has 1 aliphatic rings. The third-order valence-corrected chi connectivity index (χ3v) is 6.19. The molecule has 0 heterocycles. The van der Waals surface area contributed by atoms with E-state index in [0.29, 0.717) is 12.2 Å². The molecule has 0 spiro atoms. The molecule has 1 saturated carbocycles. The maximum Gasteiger partial charge on any atom is 0.312 e. The molecule has 4 rings (SSSR count). The van der Waals surface area contributed by atoms with Gasteiger partial charge in [0.05, 0.1) is 0 Å². The highest BCUT2D eigenvalue weighted by molar-refractivity contribution is 7.88. The molecule has 1 aliphatic carbocycles. The summed E-state index contributed by atoms with van der Waals surface area (Å²) in [4.78, 5) is 0. The lowest BCUT2D eigenvalue weighted by molar-refractivity contribution is 0.484. The Morgan fingerprint density at radius 3 is 1.92 bits per heavy atom. The van der Waals surface area contributed by atoms with Crippen molar-refractivity contribution in [3.8, 4) is 16.9 Å². The predicted molar refractivity (Wildman–Crippen MR) is 99.0 cm³/mol. The largest absolute Gasteiger partial charge is 0.382 e. The van der Waals surface area contributed by atoms with Gasteiger partial charge in [-0.25, -0.2) is 0 Å². The first kappa shape index (κ1) is 15.9. The topological polar surface area (TPSA) is 43.4 Å². The van der Waals surface area contributed by atoms with Crippen LogP contribution in [0.2, 0.25) is 0 Å². The fourth-order valence-electron chi connectivity index (χ4n) is 3.07. The van der Waals surface area contributed by atoms with Crippen LogP contribution in [-0.4, -0.2) is 13.7 Å². The van der Waals surface area contributed by atoms with Crippen molar-refractivity contribution in [2.45, 2.75) is 17.6 Å². The van der Waals surface area contributed by atoms with Crippen LogP contribution in [0, 0.1) is 0 Å². The summed E-state index contributed by atoms with van der Waals surface area (Å²) in [7, 11) is -3.61. The van der Waals surface area contributed by atoms with Gasteiger partial charge in [0.1, 0.15) is 11.0 Å². The molecule has 2 atom stereocenters. The minimum atomic E-state index is -3.61. The molecule has 3 aromatic carbocycles. The number of benzene rings is 3. The van der Waals surface area contributed by atoms with Gasteiger partial charge < -0.3 is 4.18 Å². The van der Waals surface area contributed by atoms with Gasteiger partial charge in [-0.05, 0) is 35.2 Å². The van der Waals surface area contributed by atoms with E-state index in [9.17, 15) is 8.42 Å². The van der Waals surface area contributed by atoms with E-state index in [1.165, 1.54) is 0 Å². The molecular formula is C21H18O3S. The van der Waals surface area contributed by atoms with Crippen LogP contribution in [0.4, 0.5) is 0 Å². The fraction of sp³-hybridized carbons (Fsp3) is 0.143. The van der Waals surface area contributed by atoms with Crippen molar-refractivity contribution in [3.05, 3.63) is 90.5 Å². The summed E-state index contributed by atoms with van der Waals surface area (Å²) in [5.41, 5.74) is 3.17. The molecule has 1 fully saturated rings. The van der Waals surface area contributed by atoms with E-state index in [1.807, 2.05) is 72.8 Å². The lowest BCUT2D eigenvalue weighted by Crippen LogP contribution is -2.16. The van der Waals surface area contributed by atoms with Crippen LogP contribution < -0.4 is 4.18 Å². The van der Waals surface area contributed by atoms with Gasteiger partial charge in [-0.15, -0.1) is 0 Å². The number of hydrogen-bond acceptors (Lipinski definition) is 3. The molecule has 126 valence electrons. The lowest BCUT2D eigenvalue weighted by Gasteiger charge is -2.08. The van der Waals surface area contributed by atoms with Gasteiger partial charge in [-0.2, -0.15) is 8.42 Å². The Morgan fingerprint density at radius 2 is 1.28 bits per heavy atom. The summed E-state index contributed by atoms with van der Waals surface area (Å²) in [6.45, 7) is 0. The predicted octanol–water partition coefficient (Wildman–Crippen LogP) is 4.62. The molecule has 3 aromatic rings. The fourth-order valence-corrected chi connectivity index (χ4v) is 4.58. The van der Waals surface area contributed by atoms with Gasteiger partial charge in [0, 0.05) is 5.92 Å². The van der Waals surface area contributed by atoms with Crippen LogP contribution in [-0.2, 0) is 10.1 Å². The zero-order valence-corrected chi connectivity index (χ0v) is 14.4. The molecule has 2 unspecified atom stereocenters. The maximum atomic E-state index is 12.5. The molecule has 3 nitrogen and oxygen atoms in total. The average molecular weight is 350 g/mol. The van der Waals surface area contributed by atoms with Crippen LogP contribution in [0.3, 0.4) is 0 Å². The molecular weight excluding hydrogens is 332 g/mol. The van der Waals surface area contributed by atoms with Crippen molar-refractivity contribution in [1.29, 1.82) is 0 Å². The van der Waals surface area contributed by atoms with Gasteiger partial charge in [-0.1, -0.05) is 72.8 Å². The zero-order chi connectivity index (χ0) is 17.3. The Kier molecular flexibility index (Phi) is 4.06. The lowest BCUT2D eigenvalue weighted by atomic mass is 10.1. The van der Waals surface area contributed by atoms with Crippen LogP contribution in [0.1, 0.15) is 17.9 Å². The van der Waals surface area contributed by atoms with Gasteiger partial charge in [-0.3, -0.25) is 0 Å². The molecule has 25 heavy (non-hydrogen) atoms. The number of rotatable bonds is 5. The van der Waals surface area contributed by atoms with Gasteiger partial charge >= 0.3 is 10.1 Å². The molecule has 0 aliphatic heterocycles. The third kappa shape index (κ3) is 3.44. The SMILES string of the molecule is O=S(=O)(Oc1ccc(-c2ccccc2)cc1)C1CC1c1ccccc1. The molecule has 4 heteroatoms. The highest BCUT2D eigenvalue weighted by Gasteiger charge is 2.49. The summed E-state index contributed by atoms with van der Waals surface area (Å²) in [6, 6.07) is 26.8. The zero-order valence-electron chi connectivity index (χ0n) is 13.6. The second kappa shape index (κ2) is 6.37. The maximum absolute atomic E-state index is 12.5. The van der Waals surface area contributed by atoms with Crippen LogP contribution in [0.5, 0.6) is 5.75 Å². The molecule has 0 N–H and O–H groups in total. The van der Waals surface area contributed by atoms with E-state index in [4.69, 9.17) is 4.18 Å². The molecule has 0 aromatic heterocycles. The van der Waals surface area contributed by atoms with Gasteiger partial charge in [0.25, 0.3) is 0 Å². The second-order valence-electron chi connectivity index (χ2n) is 6.26. The summed E-state index contributed by atoms with van der Waals surface area (Å²) in [5.74, 6) is 0.396. The summed E-state index contributed by atoms with van der Waals surface area (Å²) < 4.78 is 30.3. The van der Waals surface area contributed by atoms with Gasteiger partial charge in [0.2, 0.25) is 0 Å². The van der Waals surface area contributed by atoms with Crippen molar-refractivity contribution in [2.75, 3.05) is 0 Å². The standard InChI is InChI=1S/C21H18O3S/c22-25(23,21-15-20(21)18-9-5-2-6-10-18)24-19-13-11-17(12-14-19)16-7-3-1-4-8-16/h1-14,20-21H,15H2. The first-order chi connectivity index (χ1) is 12.1. The summed E-state index contributed by atoms with van der Waals surface area (Å²) in [5, 5.41) is -0.455. The Morgan fingerprint density at radius 1 is 0.720 bits per heavy atom. The Hall–Kier alpha value is -2.59. The van der Waals surface area contributed by atoms with Crippen LogP contribution in [0.25, 0.3) is 11.1 Å². The van der Waals surface area contributed by atoms with E-state index in [2.05, 4.69) is 0 Å². The molecule has 0 bridgehead atoms. The summed E-state index contributed by atoms with van der Waals surface area (Å²) in [6.07, 6.45) is 0.619. The van der Waals surface area contributed by atoms with Crippen molar-refractivity contribution in [1.82, 2.24) is 0 Å².